The lowest BCUT2D eigenvalue weighted by Crippen LogP contribution is -2.06. The van der Waals surface area contributed by atoms with E-state index in [9.17, 15) is 0 Å². The molecule has 3 rings (SSSR count). The Morgan fingerprint density at radius 1 is 1.12 bits per heavy atom. The van der Waals surface area contributed by atoms with Crippen LogP contribution in [0.25, 0.3) is 0 Å². The van der Waals surface area contributed by atoms with Crippen molar-refractivity contribution in [2.75, 3.05) is 5.32 Å². The summed E-state index contributed by atoms with van der Waals surface area (Å²) < 4.78 is 0. The van der Waals surface area contributed by atoms with Crippen LogP contribution in [0.3, 0.4) is 0 Å². The van der Waals surface area contributed by atoms with Crippen LogP contribution in [-0.2, 0) is 12.8 Å². The molecule has 0 bridgehead atoms. The topological polar surface area (TPSA) is 24.9 Å². The van der Waals surface area contributed by atoms with Crippen molar-refractivity contribution in [3.8, 4) is 0 Å². The van der Waals surface area contributed by atoms with Gasteiger partial charge in [-0.2, -0.15) is 0 Å². The zero-order valence-electron chi connectivity index (χ0n) is 10.0. The molecule has 0 unspecified atom stereocenters. The zero-order valence-corrected chi connectivity index (χ0v) is 10.0. The number of anilines is 2. The molecule has 0 spiro atoms. The Labute approximate surface area is 102 Å². The molecule has 1 aromatic carbocycles. The van der Waals surface area contributed by atoms with Gasteiger partial charge in [0, 0.05) is 23.8 Å². The Kier molecular flexibility index (Phi) is 2.56. The van der Waals surface area contributed by atoms with Crippen LogP contribution in [0.5, 0.6) is 0 Å². The molecule has 2 nitrogen and oxygen atoms in total. The van der Waals surface area contributed by atoms with Crippen LogP contribution in [0.2, 0.25) is 0 Å². The first-order valence-corrected chi connectivity index (χ1v) is 6.13. The van der Waals surface area contributed by atoms with E-state index in [1.165, 1.54) is 34.5 Å². The summed E-state index contributed by atoms with van der Waals surface area (Å²) in [5.74, 6) is 0. The van der Waals surface area contributed by atoms with E-state index >= 15 is 0 Å². The van der Waals surface area contributed by atoms with Crippen LogP contribution in [0.4, 0.5) is 11.4 Å². The normalized spacial score (nSPS) is 13.9. The van der Waals surface area contributed by atoms with Gasteiger partial charge in [0.25, 0.3) is 0 Å². The lowest BCUT2D eigenvalue weighted by Gasteiger charge is -2.19. The third kappa shape index (κ3) is 1.91. The van der Waals surface area contributed by atoms with Crippen LogP contribution in [-0.4, -0.2) is 4.98 Å². The molecule has 1 N–H and O–H groups in total. The monoisotopic (exact) mass is 224 g/mol. The Balaban J connectivity index is 2.09. The van der Waals surface area contributed by atoms with Crippen molar-refractivity contribution in [3.05, 3.63) is 53.3 Å². The van der Waals surface area contributed by atoms with Crippen LogP contribution >= 0.6 is 0 Å². The first-order valence-electron chi connectivity index (χ1n) is 6.13. The van der Waals surface area contributed by atoms with Gasteiger partial charge < -0.3 is 5.32 Å². The third-order valence-corrected chi connectivity index (χ3v) is 3.46. The van der Waals surface area contributed by atoms with Gasteiger partial charge in [-0.3, -0.25) is 4.98 Å². The number of fused-ring (bicyclic) bond motifs is 2. The van der Waals surface area contributed by atoms with E-state index in [-0.39, 0.29) is 0 Å². The van der Waals surface area contributed by atoms with Crippen molar-refractivity contribution in [2.24, 2.45) is 0 Å². The number of nitrogens with one attached hydrogen (secondary N) is 1. The molecule has 0 amide bonds. The molecule has 0 saturated heterocycles. The molecule has 86 valence electrons. The molecule has 0 fully saturated rings. The highest BCUT2D eigenvalue weighted by Gasteiger charge is 2.12. The van der Waals surface area contributed by atoms with Gasteiger partial charge in [0.05, 0.1) is 0 Å². The Bertz CT molecular complexity index is 546. The first kappa shape index (κ1) is 10.3. The van der Waals surface area contributed by atoms with Crippen LogP contribution in [0, 0.1) is 6.92 Å². The van der Waals surface area contributed by atoms with E-state index < -0.39 is 0 Å². The number of benzene rings is 1. The summed E-state index contributed by atoms with van der Waals surface area (Å²) in [7, 11) is 0. The quantitative estimate of drug-likeness (QED) is 0.739. The van der Waals surface area contributed by atoms with Gasteiger partial charge >= 0.3 is 0 Å². The molecule has 2 heteroatoms. The van der Waals surface area contributed by atoms with Crippen molar-refractivity contribution < 1.29 is 0 Å². The van der Waals surface area contributed by atoms with Crippen molar-refractivity contribution in [1.29, 1.82) is 0 Å². The predicted molar refractivity (Wildman–Crippen MR) is 70.7 cm³/mol. The number of pyridine rings is 1. The van der Waals surface area contributed by atoms with Crippen molar-refractivity contribution in [3.63, 3.8) is 0 Å². The molecule has 1 aliphatic heterocycles. The average Bonchev–Trinajstić information content (AvgIpc) is 2.31. The summed E-state index contributed by atoms with van der Waals surface area (Å²) >= 11 is 0. The van der Waals surface area contributed by atoms with Gasteiger partial charge in [0.2, 0.25) is 0 Å². The minimum absolute atomic E-state index is 1.10. The fraction of sp³-hybridized carbons (Fsp3) is 0.267. The number of aromatic nitrogens is 1. The minimum Gasteiger partial charge on any atom is -0.355 e. The Morgan fingerprint density at radius 2 is 2.06 bits per heavy atom. The summed E-state index contributed by atoms with van der Waals surface area (Å²) in [6, 6.07) is 8.53. The van der Waals surface area contributed by atoms with Gasteiger partial charge in [-0.15, -0.1) is 0 Å². The second-order valence-electron chi connectivity index (χ2n) is 4.61. The van der Waals surface area contributed by atoms with Gasteiger partial charge in [0.1, 0.15) is 0 Å². The maximum Gasteiger partial charge on any atom is 0.0447 e. The second-order valence-corrected chi connectivity index (χ2v) is 4.61. The van der Waals surface area contributed by atoms with E-state index in [4.69, 9.17) is 0 Å². The molecule has 2 heterocycles. The highest BCUT2D eigenvalue weighted by molar-refractivity contribution is 5.67. The molecule has 0 radical (unpaired) electrons. The molecule has 1 aliphatic rings. The lowest BCUT2D eigenvalue weighted by molar-refractivity contribution is 0.809. The predicted octanol–water partition coefficient (Wildman–Crippen LogP) is 3.62. The van der Waals surface area contributed by atoms with E-state index in [2.05, 4.69) is 41.5 Å². The summed E-state index contributed by atoms with van der Waals surface area (Å²) in [5, 5.41) is 3.54. The fourth-order valence-electron chi connectivity index (χ4n) is 2.50. The molecule has 0 aliphatic carbocycles. The standard InChI is InChI=1S/C15H16N2/c1-11-4-2-7-15-13(11)6-3-5-12-10-16-9-8-14(12)17-15/h2,4,7-10,17H,3,5-6H2,1H3. The third-order valence-electron chi connectivity index (χ3n) is 3.46. The van der Waals surface area contributed by atoms with Gasteiger partial charge in [0.15, 0.2) is 0 Å². The molecular weight excluding hydrogens is 208 g/mol. The minimum atomic E-state index is 1.10. The number of hydrogen-bond donors (Lipinski definition) is 1. The number of nitrogens with zero attached hydrogens (tertiary/aromatic N) is 1. The van der Waals surface area contributed by atoms with Crippen LogP contribution in [0.1, 0.15) is 23.1 Å². The summed E-state index contributed by atoms with van der Waals surface area (Å²) in [6.45, 7) is 2.19. The molecule has 17 heavy (non-hydrogen) atoms. The van der Waals surface area contributed by atoms with E-state index in [1.807, 2.05) is 12.4 Å². The SMILES string of the molecule is Cc1cccc2c1CCCc1cnccc1N2. The molecule has 0 atom stereocenters. The molecular formula is C15H16N2. The van der Waals surface area contributed by atoms with Gasteiger partial charge in [-0.1, -0.05) is 12.1 Å². The highest BCUT2D eigenvalue weighted by Crippen LogP contribution is 2.30. The molecule has 1 aromatic heterocycles. The zero-order chi connectivity index (χ0) is 11.7. The van der Waals surface area contributed by atoms with Crippen LogP contribution < -0.4 is 5.32 Å². The van der Waals surface area contributed by atoms with E-state index in [1.54, 1.807) is 0 Å². The Hall–Kier alpha value is -1.83. The molecule has 0 saturated carbocycles. The van der Waals surface area contributed by atoms with E-state index in [0.29, 0.717) is 0 Å². The van der Waals surface area contributed by atoms with Gasteiger partial charge in [-0.05, 0) is 55.0 Å². The number of aryl methyl sites for hydroxylation is 2. The molecule has 2 aromatic rings. The largest absolute Gasteiger partial charge is 0.355 e. The maximum atomic E-state index is 4.20. The number of rotatable bonds is 0. The van der Waals surface area contributed by atoms with Crippen molar-refractivity contribution in [2.45, 2.75) is 26.2 Å². The first-order chi connectivity index (χ1) is 8.34. The smallest absolute Gasteiger partial charge is 0.0447 e. The van der Waals surface area contributed by atoms with E-state index in [0.717, 1.165) is 12.8 Å². The second kappa shape index (κ2) is 4.21. The van der Waals surface area contributed by atoms with Crippen molar-refractivity contribution in [1.82, 2.24) is 4.98 Å². The summed E-state index contributed by atoms with van der Waals surface area (Å²) in [6.07, 6.45) is 7.26. The average molecular weight is 224 g/mol. The fourth-order valence-corrected chi connectivity index (χ4v) is 2.50. The van der Waals surface area contributed by atoms with Crippen molar-refractivity contribution >= 4 is 11.4 Å². The van der Waals surface area contributed by atoms with Crippen LogP contribution in [0.15, 0.2) is 36.7 Å². The highest BCUT2D eigenvalue weighted by atomic mass is 14.9. The number of hydrogen-bond acceptors (Lipinski definition) is 2. The summed E-state index contributed by atoms with van der Waals surface area (Å²) in [4.78, 5) is 4.20. The van der Waals surface area contributed by atoms with Gasteiger partial charge in [-0.25, -0.2) is 0 Å². The lowest BCUT2D eigenvalue weighted by atomic mass is 9.96. The summed E-state index contributed by atoms with van der Waals surface area (Å²) in [5.41, 5.74) is 6.60. The maximum absolute atomic E-state index is 4.20. The Morgan fingerprint density at radius 3 is 3.00 bits per heavy atom.